The standard InChI is InChI=1S/C26H31N3O3/c1-5-16-31-19-22(30)17-29(20(2)3)18-24-25(21-12-8-6-9-13-21)27-28(4)26(24)32-23-14-10-7-11-15-23/h1,6-15,20,22,30H,16-19H2,2-4H3/t22-/m0/s1. The van der Waals surface area contributed by atoms with E-state index in [1.54, 1.807) is 4.68 Å². The molecular weight excluding hydrogens is 402 g/mol. The second-order valence-corrected chi connectivity index (χ2v) is 7.93. The van der Waals surface area contributed by atoms with E-state index < -0.39 is 6.10 Å². The number of rotatable bonds is 11. The first kappa shape index (κ1) is 23.6. The molecule has 2 aromatic carbocycles. The Morgan fingerprint density at radius 2 is 1.75 bits per heavy atom. The second-order valence-electron chi connectivity index (χ2n) is 7.93. The molecular formula is C26H31N3O3. The number of aliphatic hydroxyl groups excluding tert-OH is 1. The fourth-order valence-electron chi connectivity index (χ4n) is 3.49. The third kappa shape index (κ3) is 6.21. The van der Waals surface area contributed by atoms with E-state index in [0.29, 0.717) is 19.0 Å². The monoisotopic (exact) mass is 433 g/mol. The van der Waals surface area contributed by atoms with Crippen LogP contribution in [0.5, 0.6) is 11.6 Å². The van der Waals surface area contributed by atoms with Crippen molar-refractivity contribution in [2.75, 3.05) is 19.8 Å². The first-order valence-corrected chi connectivity index (χ1v) is 10.8. The minimum atomic E-state index is -0.652. The summed E-state index contributed by atoms with van der Waals surface area (Å²) in [6.45, 7) is 5.59. The molecule has 6 nitrogen and oxygen atoms in total. The predicted molar refractivity (Wildman–Crippen MR) is 126 cm³/mol. The Morgan fingerprint density at radius 3 is 2.38 bits per heavy atom. The van der Waals surface area contributed by atoms with Crippen molar-refractivity contribution < 1.29 is 14.6 Å². The highest BCUT2D eigenvalue weighted by atomic mass is 16.5. The summed E-state index contributed by atoms with van der Waals surface area (Å²) in [5.74, 6) is 3.85. The molecule has 0 radical (unpaired) electrons. The Bertz CT molecular complexity index is 1010. The van der Waals surface area contributed by atoms with E-state index >= 15 is 0 Å². The van der Waals surface area contributed by atoms with Crippen LogP contribution in [0.4, 0.5) is 0 Å². The molecule has 32 heavy (non-hydrogen) atoms. The van der Waals surface area contributed by atoms with Gasteiger partial charge in [0.1, 0.15) is 18.1 Å². The number of hydrogen-bond donors (Lipinski definition) is 1. The minimum Gasteiger partial charge on any atom is -0.439 e. The van der Waals surface area contributed by atoms with Gasteiger partial charge in [0, 0.05) is 31.7 Å². The van der Waals surface area contributed by atoms with Crippen molar-refractivity contribution in [3.63, 3.8) is 0 Å². The van der Waals surface area contributed by atoms with Gasteiger partial charge in [-0.1, -0.05) is 54.5 Å². The number of terminal acetylenes is 1. The summed E-state index contributed by atoms with van der Waals surface area (Å²) >= 11 is 0. The Morgan fingerprint density at radius 1 is 1.09 bits per heavy atom. The molecule has 1 aromatic heterocycles. The summed E-state index contributed by atoms with van der Waals surface area (Å²) in [5, 5.41) is 15.3. The fourth-order valence-corrected chi connectivity index (χ4v) is 3.49. The number of para-hydroxylation sites is 1. The number of nitrogens with zero attached hydrogens (tertiary/aromatic N) is 3. The Labute approximate surface area is 190 Å². The molecule has 0 aliphatic heterocycles. The Hall–Kier alpha value is -3.11. The van der Waals surface area contributed by atoms with E-state index in [-0.39, 0.29) is 19.3 Å². The SMILES string of the molecule is C#CCOC[C@@H](O)CN(Cc1c(-c2ccccc2)nn(C)c1Oc1ccccc1)C(C)C. The van der Waals surface area contributed by atoms with E-state index in [9.17, 15) is 5.11 Å². The van der Waals surface area contributed by atoms with Crippen LogP contribution in [-0.2, 0) is 18.3 Å². The smallest absolute Gasteiger partial charge is 0.222 e. The number of benzene rings is 2. The minimum absolute atomic E-state index is 0.186. The fraction of sp³-hybridized carbons (Fsp3) is 0.346. The molecule has 0 unspecified atom stereocenters. The number of aliphatic hydroxyl groups is 1. The van der Waals surface area contributed by atoms with Gasteiger partial charge in [-0.15, -0.1) is 6.42 Å². The van der Waals surface area contributed by atoms with E-state index in [1.807, 2.05) is 67.7 Å². The number of aromatic nitrogens is 2. The molecule has 3 aromatic rings. The average molecular weight is 434 g/mol. The van der Waals surface area contributed by atoms with E-state index in [1.165, 1.54) is 0 Å². The topological polar surface area (TPSA) is 59.8 Å². The summed E-state index contributed by atoms with van der Waals surface area (Å²) in [4.78, 5) is 2.19. The maximum atomic E-state index is 10.5. The van der Waals surface area contributed by atoms with Crippen LogP contribution >= 0.6 is 0 Å². The van der Waals surface area contributed by atoms with Gasteiger partial charge in [0.15, 0.2) is 0 Å². The average Bonchev–Trinajstić information content (AvgIpc) is 3.10. The first-order valence-electron chi connectivity index (χ1n) is 10.8. The molecule has 0 amide bonds. The lowest BCUT2D eigenvalue weighted by Crippen LogP contribution is -2.39. The molecule has 168 valence electrons. The second kappa shape index (κ2) is 11.5. The number of aryl methyl sites for hydroxylation is 1. The number of hydrogen-bond acceptors (Lipinski definition) is 5. The Balaban J connectivity index is 1.93. The van der Waals surface area contributed by atoms with Crippen LogP contribution in [0.1, 0.15) is 19.4 Å². The third-order valence-corrected chi connectivity index (χ3v) is 5.13. The van der Waals surface area contributed by atoms with Gasteiger partial charge in [0.05, 0.1) is 18.3 Å². The predicted octanol–water partition coefficient (Wildman–Crippen LogP) is 4.10. The maximum absolute atomic E-state index is 10.5. The zero-order valence-electron chi connectivity index (χ0n) is 18.9. The van der Waals surface area contributed by atoms with Gasteiger partial charge < -0.3 is 14.6 Å². The summed E-state index contributed by atoms with van der Waals surface area (Å²) in [6, 6.07) is 19.9. The van der Waals surface area contributed by atoms with Gasteiger partial charge in [-0.3, -0.25) is 4.90 Å². The highest BCUT2D eigenvalue weighted by molar-refractivity contribution is 5.65. The molecule has 0 bridgehead atoms. The molecule has 0 saturated heterocycles. The van der Waals surface area contributed by atoms with Crippen LogP contribution in [0, 0.1) is 12.3 Å². The van der Waals surface area contributed by atoms with Crippen LogP contribution in [0.2, 0.25) is 0 Å². The molecule has 3 rings (SSSR count). The van der Waals surface area contributed by atoms with Crippen LogP contribution in [0.15, 0.2) is 60.7 Å². The van der Waals surface area contributed by atoms with Crippen LogP contribution < -0.4 is 4.74 Å². The van der Waals surface area contributed by atoms with Gasteiger partial charge in [0.2, 0.25) is 5.88 Å². The van der Waals surface area contributed by atoms with Gasteiger partial charge in [0.25, 0.3) is 0 Å². The summed E-state index contributed by atoms with van der Waals surface area (Å²) < 4.78 is 13.4. The van der Waals surface area contributed by atoms with Crippen molar-refractivity contribution in [3.05, 3.63) is 66.2 Å². The van der Waals surface area contributed by atoms with Crippen molar-refractivity contribution in [1.82, 2.24) is 14.7 Å². The van der Waals surface area contributed by atoms with Crippen LogP contribution in [0.3, 0.4) is 0 Å². The van der Waals surface area contributed by atoms with Gasteiger partial charge in [-0.25, -0.2) is 4.68 Å². The van der Waals surface area contributed by atoms with Gasteiger partial charge in [-0.2, -0.15) is 5.10 Å². The van der Waals surface area contributed by atoms with Crippen molar-refractivity contribution >= 4 is 0 Å². The van der Waals surface area contributed by atoms with Gasteiger partial charge in [-0.05, 0) is 26.0 Å². The van der Waals surface area contributed by atoms with Crippen molar-refractivity contribution in [2.45, 2.75) is 32.5 Å². The van der Waals surface area contributed by atoms with E-state index in [0.717, 1.165) is 22.6 Å². The molecule has 0 aliphatic rings. The first-order chi connectivity index (χ1) is 15.5. The number of ether oxygens (including phenoxy) is 2. The van der Waals surface area contributed by atoms with E-state index in [4.69, 9.17) is 21.0 Å². The maximum Gasteiger partial charge on any atom is 0.222 e. The molecule has 6 heteroatoms. The quantitative estimate of drug-likeness (QED) is 0.364. The molecule has 0 aliphatic carbocycles. The molecule has 1 N–H and O–H groups in total. The Kier molecular flexibility index (Phi) is 8.46. The normalized spacial score (nSPS) is 12.2. The van der Waals surface area contributed by atoms with Crippen molar-refractivity contribution in [1.29, 1.82) is 0 Å². The summed E-state index contributed by atoms with van der Waals surface area (Å²) in [5.41, 5.74) is 2.85. The summed E-state index contributed by atoms with van der Waals surface area (Å²) in [7, 11) is 1.89. The lowest BCUT2D eigenvalue weighted by molar-refractivity contribution is 0.0191. The van der Waals surface area contributed by atoms with Crippen LogP contribution in [-0.4, -0.2) is 51.7 Å². The molecule has 0 fully saturated rings. The lowest BCUT2D eigenvalue weighted by Gasteiger charge is -2.29. The molecule has 1 heterocycles. The van der Waals surface area contributed by atoms with Gasteiger partial charge >= 0.3 is 0 Å². The third-order valence-electron chi connectivity index (χ3n) is 5.13. The van der Waals surface area contributed by atoms with Crippen molar-refractivity contribution in [3.8, 4) is 35.2 Å². The zero-order valence-corrected chi connectivity index (χ0v) is 18.9. The van der Waals surface area contributed by atoms with Crippen molar-refractivity contribution in [2.24, 2.45) is 7.05 Å². The summed E-state index contributed by atoms with van der Waals surface area (Å²) in [6.07, 6.45) is 4.58. The van der Waals surface area contributed by atoms with E-state index in [2.05, 4.69) is 24.7 Å². The highest BCUT2D eigenvalue weighted by Crippen LogP contribution is 2.34. The zero-order chi connectivity index (χ0) is 22.9. The molecule has 0 spiro atoms. The molecule has 0 saturated carbocycles. The largest absolute Gasteiger partial charge is 0.439 e. The van der Waals surface area contributed by atoms with Crippen LogP contribution in [0.25, 0.3) is 11.3 Å². The molecule has 1 atom stereocenters. The highest BCUT2D eigenvalue weighted by Gasteiger charge is 2.24. The lowest BCUT2D eigenvalue weighted by atomic mass is 10.1.